The topological polar surface area (TPSA) is 37.3 Å². The second-order valence-corrected chi connectivity index (χ2v) is 5.40. The highest BCUT2D eigenvalue weighted by Crippen LogP contribution is 2.19. The van der Waals surface area contributed by atoms with Gasteiger partial charge in [-0.1, -0.05) is 44.5 Å². The molecule has 0 aromatic heterocycles. The first kappa shape index (κ1) is 13.2. The molecule has 0 aliphatic rings. The molecular weight excluding hydrogens is 224 g/mol. The Morgan fingerprint density at radius 2 is 1.81 bits per heavy atom. The van der Waals surface area contributed by atoms with Gasteiger partial charge in [0.1, 0.15) is 6.10 Å². The molecule has 1 atom stereocenters. The highest BCUT2D eigenvalue weighted by molar-refractivity contribution is 6.30. The standard InChI is InChI=1S/C13H17ClO2/c1-13(2,3)12(16)11(15)8-9-4-6-10(14)7-5-9/h4-7,11,15H,8H2,1-3H3. The number of carbonyl (C=O) groups is 1. The average Bonchev–Trinajstić information content (AvgIpc) is 2.19. The number of aliphatic hydroxyl groups excluding tert-OH is 1. The second kappa shape index (κ2) is 4.98. The van der Waals surface area contributed by atoms with Crippen molar-refractivity contribution in [1.29, 1.82) is 0 Å². The van der Waals surface area contributed by atoms with E-state index in [1.165, 1.54) is 0 Å². The van der Waals surface area contributed by atoms with E-state index in [2.05, 4.69) is 0 Å². The third-order valence-corrected chi connectivity index (χ3v) is 2.64. The molecule has 2 nitrogen and oxygen atoms in total. The first-order valence-corrected chi connectivity index (χ1v) is 5.65. The Labute approximate surface area is 101 Å². The van der Waals surface area contributed by atoms with E-state index in [-0.39, 0.29) is 5.78 Å². The van der Waals surface area contributed by atoms with E-state index in [9.17, 15) is 9.90 Å². The molecule has 0 saturated heterocycles. The van der Waals surface area contributed by atoms with Crippen molar-refractivity contribution in [3.05, 3.63) is 34.9 Å². The normalized spacial score (nSPS) is 13.6. The summed E-state index contributed by atoms with van der Waals surface area (Å²) in [6.07, 6.45) is -0.603. The molecule has 3 heteroatoms. The summed E-state index contributed by atoms with van der Waals surface area (Å²) in [4.78, 5) is 11.8. The largest absolute Gasteiger partial charge is 0.385 e. The molecule has 0 aliphatic heterocycles. The number of aliphatic hydroxyl groups is 1. The van der Waals surface area contributed by atoms with Crippen LogP contribution in [0.4, 0.5) is 0 Å². The number of halogens is 1. The van der Waals surface area contributed by atoms with Crippen LogP contribution in [0.25, 0.3) is 0 Å². The minimum atomic E-state index is -0.943. The van der Waals surface area contributed by atoms with Gasteiger partial charge in [-0.2, -0.15) is 0 Å². The Balaban J connectivity index is 2.68. The van der Waals surface area contributed by atoms with E-state index in [0.717, 1.165) is 5.56 Å². The van der Waals surface area contributed by atoms with Gasteiger partial charge in [0.2, 0.25) is 0 Å². The van der Waals surface area contributed by atoms with Gasteiger partial charge in [0.05, 0.1) is 0 Å². The Morgan fingerprint density at radius 1 is 1.31 bits per heavy atom. The highest BCUT2D eigenvalue weighted by atomic mass is 35.5. The van der Waals surface area contributed by atoms with Crippen molar-refractivity contribution < 1.29 is 9.90 Å². The first-order valence-electron chi connectivity index (χ1n) is 5.27. The predicted octanol–water partition coefficient (Wildman–Crippen LogP) is 2.86. The molecule has 1 aromatic rings. The molecule has 0 radical (unpaired) electrons. The van der Waals surface area contributed by atoms with Crippen molar-refractivity contribution in [2.45, 2.75) is 33.3 Å². The monoisotopic (exact) mass is 240 g/mol. The summed E-state index contributed by atoms with van der Waals surface area (Å²) in [5.74, 6) is -0.137. The number of hydrogen-bond donors (Lipinski definition) is 1. The van der Waals surface area contributed by atoms with Gasteiger partial charge in [-0.05, 0) is 17.7 Å². The molecule has 0 saturated carbocycles. The summed E-state index contributed by atoms with van der Waals surface area (Å²) >= 11 is 5.75. The smallest absolute Gasteiger partial charge is 0.166 e. The van der Waals surface area contributed by atoms with Crippen LogP contribution in [0.2, 0.25) is 5.02 Å². The van der Waals surface area contributed by atoms with Crippen molar-refractivity contribution in [3.63, 3.8) is 0 Å². The quantitative estimate of drug-likeness (QED) is 0.882. The third-order valence-electron chi connectivity index (χ3n) is 2.38. The molecule has 0 aliphatic carbocycles. The van der Waals surface area contributed by atoms with Gasteiger partial charge >= 0.3 is 0 Å². The molecule has 0 spiro atoms. The Kier molecular flexibility index (Phi) is 4.11. The van der Waals surface area contributed by atoms with Crippen LogP contribution in [-0.4, -0.2) is 17.0 Å². The van der Waals surface area contributed by atoms with Crippen LogP contribution in [-0.2, 0) is 11.2 Å². The van der Waals surface area contributed by atoms with Gasteiger partial charge in [-0.25, -0.2) is 0 Å². The fourth-order valence-electron chi connectivity index (χ4n) is 1.44. The zero-order valence-electron chi connectivity index (χ0n) is 9.83. The minimum Gasteiger partial charge on any atom is -0.385 e. The summed E-state index contributed by atoms with van der Waals surface area (Å²) in [5, 5.41) is 10.4. The SMILES string of the molecule is CC(C)(C)C(=O)C(O)Cc1ccc(Cl)cc1. The van der Waals surface area contributed by atoms with Crippen LogP contribution < -0.4 is 0 Å². The predicted molar refractivity (Wildman–Crippen MR) is 65.6 cm³/mol. The van der Waals surface area contributed by atoms with E-state index in [4.69, 9.17) is 11.6 Å². The molecule has 0 heterocycles. The highest BCUT2D eigenvalue weighted by Gasteiger charge is 2.27. The second-order valence-electron chi connectivity index (χ2n) is 4.96. The summed E-state index contributed by atoms with van der Waals surface area (Å²) in [6.45, 7) is 5.42. The number of ketones is 1. The summed E-state index contributed by atoms with van der Waals surface area (Å²) in [7, 11) is 0. The number of rotatable bonds is 3. The van der Waals surface area contributed by atoms with Crippen LogP contribution >= 0.6 is 11.6 Å². The van der Waals surface area contributed by atoms with E-state index in [0.29, 0.717) is 11.4 Å². The number of hydrogen-bond acceptors (Lipinski definition) is 2. The Bertz CT molecular complexity index is 363. The van der Waals surface area contributed by atoms with E-state index < -0.39 is 11.5 Å². The maximum Gasteiger partial charge on any atom is 0.166 e. The van der Waals surface area contributed by atoms with Crippen LogP contribution in [0.1, 0.15) is 26.3 Å². The van der Waals surface area contributed by atoms with E-state index in [1.807, 2.05) is 12.1 Å². The summed E-state index contributed by atoms with van der Waals surface area (Å²) < 4.78 is 0. The molecule has 1 N–H and O–H groups in total. The molecule has 1 rings (SSSR count). The lowest BCUT2D eigenvalue weighted by molar-refractivity contribution is -0.134. The molecule has 1 aromatic carbocycles. The van der Waals surface area contributed by atoms with Crippen molar-refractivity contribution in [2.75, 3.05) is 0 Å². The number of carbonyl (C=O) groups excluding carboxylic acids is 1. The van der Waals surface area contributed by atoms with Gasteiger partial charge in [0, 0.05) is 16.9 Å². The first-order chi connectivity index (χ1) is 7.30. The molecule has 1 unspecified atom stereocenters. The lowest BCUT2D eigenvalue weighted by Gasteiger charge is -2.20. The molecule has 0 amide bonds. The molecule has 0 bridgehead atoms. The maximum atomic E-state index is 11.8. The van der Waals surface area contributed by atoms with Crippen molar-refractivity contribution in [1.82, 2.24) is 0 Å². The Hall–Kier alpha value is -0.860. The van der Waals surface area contributed by atoms with Crippen molar-refractivity contribution >= 4 is 17.4 Å². The maximum absolute atomic E-state index is 11.8. The lowest BCUT2D eigenvalue weighted by atomic mass is 9.86. The lowest BCUT2D eigenvalue weighted by Crippen LogP contribution is -2.33. The van der Waals surface area contributed by atoms with Crippen molar-refractivity contribution in [2.24, 2.45) is 5.41 Å². The van der Waals surface area contributed by atoms with E-state index in [1.54, 1.807) is 32.9 Å². The van der Waals surface area contributed by atoms with Crippen LogP contribution in [0, 0.1) is 5.41 Å². The Morgan fingerprint density at radius 3 is 2.25 bits per heavy atom. The van der Waals surface area contributed by atoms with Crippen LogP contribution in [0.3, 0.4) is 0 Å². The van der Waals surface area contributed by atoms with Gasteiger partial charge in [0.25, 0.3) is 0 Å². The number of benzene rings is 1. The minimum absolute atomic E-state index is 0.137. The summed E-state index contributed by atoms with van der Waals surface area (Å²) in [6, 6.07) is 7.15. The fraction of sp³-hybridized carbons (Fsp3) is 0.462. The van der Waals surface area contributed by atoms with Gasteiger partial charge in [-0.3, -0.25) is 4.79 Å². The van der Waals surface area contributed by atoms with Crippen LogP contribution in [0.5, 0.6) is 0 Å². The van der Waals surface area contributed by atoms with Crippen LogP contribution in [0.15, 0.2) is 24.3 Å². The molecule has 88 valence electrons. The van der Waals surface area contributed by atoms with E-state index >= 15 is 0 Å². The fourth-order valence-corrected chi connectivity index (χ4v) is 1.56. The van der Waals surface area contributed by atoms with Crippen molar-refractivity contribution in [3.8, 4) is 0 Å². The van der Waals surface area contributed by atoms with Gasteiger partial charge < -0.3 is 5.11 Å². The zero-order valence-corrected chi connectivity index (χ0v) is 10.6. The number of Topliss-reactive ketones (excluding diaryl/α,β-unsaturated/α-hetero) is 1. The average molecular weight is 241 g/mol. The molecule has 16 heavy (non-hydrogen) atoms. The van der Waals surface area contributed by atoms with Gasteiger partial charge in [0.15, 0.2) is 5.78 Å². The summed E-state index contributed by atoms with van der Waals surface area (Å²) in [5.41, 5.74) is 0.403. The molecular formula is C13H17ClO2. The zero-order chi connectivity index (χ0) is 12.3. The molecule has 0 fully saturated rings. The third kappa shape index (κ3) is 3.62. The van der Waals surface area contributed by atoms with Gasteiger partial charge in [-0.15, -0.1) is 0 Å².